The van der Waals surface area contributed by atoms with Crippen molar-refractivity contribution >= 4 is 5.97 Å². The molecule has 2 rings (SSSR count). The van der Waals surface area contributed by atoms with Gasteiger partial charge in [0.15, 0.2) is 0 Å². The Labute approximate surface area is 108 Å². The number of rotatable bonds is 4. The van der Waals surface area contributed by atoms with Gasteiger partial charge in [-0.3, -0.25) is 4.79 Å². The fraction of sp³-hybridized carbons (Fsp3) is 0.533. The summed E-state index contributed by atoms with van der Waals surface area (Å²) < 4.78 is 5.41. The molecule has 0 aromatic heterocycles. The molecule has 1 aliphatic rings. The number of carbonyl (C=O) groups excluding carboxylic acids is 1. The van der Waals surface area contributed by atoms with Gasteiger partial charge >= 0.3 is 5.97 Å². The second kappa shape index (κ2) is 6.01. The molecule has 0 bridgehead atoms. The molecule has 98 valence electrons. The molecule has 1 aromatic rings. The van der Waals surface area contributed by atoms with E-state index in [9.17, 15) is 4.79 Å². The second-order valence-electron chi connectivity index (χ2n) is 5.14. The number of nitrogens with two attached hydrogens (primary N) is 1. The zero-order valence-corrected chi connectivity index (χ0v) is 10.9. The van der Waals surface area contributed by atoms with Crippen LogP contribution in [0.25, 0.3) is 0 Å². The van der Waals surface area contributed by atoms with Crippen molar-refractivity contribution in [3.05, 3.63) is 35.4 Å². The molecule has 0 amide bonds. The van der Waals surface area contributed by atoms with Crippen molar-refractivity contribution in [1.29, 1.82) is 0 Å². The summed E-state index contributed by atoms with van der Waals surface area (Å²) in [5.41, 5.74) is 8.18. The summed E-state index contributed by atoms with van der Waals surface area (Å²) in [5.74, 6) is -0.262. The maximum absolute atomic E-state index is 11.8. The van der Waals surface area contributed by atoms with Crippen molar-refractivity contribution in [3.8, 4) is 0 Å². The third kappa shape index (κ3) is 3.57. The molecular formula is C15H21NO2. The van der Waals surface area contributed by atoms with E-state index >= 15 is 0 Å². The van der Waals surface area contributed by atoms with Crippen LogP contribution in [-0.2, 0) is 16.0 Å². The largest absolute Gasteiger partial charge is 0.461 e. The molecule has 1 aromatic carbocycles. The highest BCUT2D eigenvalue weighted by Crippen LogP contribution is 2.21. The van der Waals surface area contributed by atoms with E-state index < -0.39 is 6.04 Å². The Morgan fingerprint density at radius 1 is 1.33 bits per heavy atom. The van der Waals surface area contributed by atoms with E-state index in [0.29, 0.717) is 6.42 Å². The van der Waals surface area contributed by atoms with Crippen molar-refractivity contribution in [2.75, 3.05) is 0 Å². The average molecular weight is 247 g/mol. The number of ether oxygens (including phenoxy) is 1. The van der Waals surface area contributed by atoms with Crippen molar-refractivity contribution in [2.24, 2.45) is 5.73 Å². The third-order valence-electron chi connectivity index (χ3n) is 3.46. The molecule has 1 aliphatic carbocycles. The quantitative estimate of drug-likeness (QED) is 0.831. The van der Waals surface area contributed by atoms with Gasteiger partial charge in [0.05, 0.1) is 0 Å². The zero-order chi connectivity index (χ0) is 13.0. The molecule has 3 nitrogen and oxygen atoms in total. The first-order valence-corrected chi connectivity index (χ1v) is 6.67. The van der Waals surface area contributed by atoms with E-state index in [4.69, 9.17) is 10.5 Å². The molecular weight excluding hydrogens is 226 g/mol. The first kappa shape index (κ1) is 13.1. The number of carbonyl (C=O) groups is 1. The SMILES string of the molecule is Cc1ccc(C[C@H](N)C(=O)OC2CCCC2)cc1. The van der Waals surface area contributed by atoms with Crippen molar-refractivity contribution in [3.63, 3.8) is 0 Å². The number of esters is 1. The first-order chi connectivity index (χ1) is 8.65. The second-order valence-corrected chi connectivity index (χ2v) is 5.14. The highest BCUT2D eigenvalue weighted by molar-refractivity contribution is 5.76. The van der Waals surface area contributed by atoms with Gasteiger partial charge in [-0.25, -0.2) is 0 Å². The van der Waals surface area contributed by atoms with E-state index in [1.165, 1.54) is 5.56 Å². The Bertz CT molecular complexity index is 393. The predicted molar refractivity (Wildman–Crippen MR) is 71.2 cm³/mol. The highest BCUT2D eigenvalue weighted by Gasteiger charge is 2.23. The van der Waals surface area contributed by atoms with Gasteiger partial charge in [-0.1, -0.05) is 29.8 Å². The molecule has 0 unspecified atom stereocenters. The van der Waals surface area contributed by atoms with E-state index in [0.717, 1.165) is 31.2 Å². The van der Waals surface area contributed by atoms with Crippen molar-refractivity contribution in [2.45, 2.75) is 51.2 Å². The van der Waals surface area contributed by atoms with Crippen LogP contribution in [0.1, 0.15) is 36.8 Å². The van der Waals surface area contributed by atoms with Crippen LogP contribution in [0.3, 0.4) is 0 Å². The van der Waals surface area contributed by atoms with Crippen molar-refractivity contribution in [1.82, 2.24) is 0 Å². The maximum atomic E-state index is 11.8. The molecule has 0 spiro atoms. The highest BCUT2D eigenvalue weighted by atomic mass is 16.5. The smallest absolute Gasteiger partial charge is 0.323 e. The van der Waals surface area contributed by atoms with Gasteiger partial charge in [0.1, 0.15) is 12.1 Å². The minimum Gasteiger partial charge on any atom is -0.461 e. The molecule has 1 saturated carbocycles. The molecule has 0 saturated heterocycles. The Morgan fingerprint density at radius 3 is 2.56 bits per heavy atom. The van der Waals surface area contributed by atoms with Gasteiger partial charge in [0, 0.05) is 0 Å². The molecule has 0 aliphatic heterocycles. The number of hydrogen-bond donors (Lipinski definition) is 1. The van der Waals surface area contributed by atoms with Crippen LogP contribution >= 0.6 is 0 Å². The van der Waals surface area contributed by atoms with Crippen LogP contribution in [0.5, 0.6) is 0 Å². The predicted octanol–water partition coefficient (Wildman–Crippen LogP) is 2.35. The molecule has 3 heteroatoms. The van der Waals surface area contributed by atoms with Crippen LogP contribution in [0, 0.1) is 6.92 Å². The first-order valence-electron chi connectivity index (χ1n) is 6.67. The molecule has 1 fully saturated rings. The van der Waals surface area contributed by atoms with Gasteiger partial charge in [-0.2, -0.15) is 0 Å². The molecule has 0 radical (unpaired) electrons. The number of benzene rings is 1. The minimum absolute atomic E-state index is 0.0987. The van der Waals surface area contributed by atoms with E-state index in [1.54, 1.807) is 0 Å². The van der Waals surface area contributed by atoms with E-state index in [1.807, 2.05) is 31.2 Å². The Hall–Kier alpha value is -1.35. The zero-order valence-electron chi connectivity index (χ0n) is 10.9. The van der Waals surface area contributed by atoms with E-state index in [2.05, 4.69) is 0 Å². The lowest BCUT2D eigenvalue weighted by molar-refractivity contribution is -0.150. The van der Waals surface area contributed by atoms with Gasteiger partial charge in [0.2, 0.25) is 0 Å². The Kier molecular flexibility index (Phi) is 4.37. The normalized spacial score (nSPS) is 17.7. The summed E-state index contributed by atoms with van der Waals surface area (Å²) >= 11 is 0. The number of aryl methyl sites for hydroxylation is 1. The van der Waals surface area contributed by atoms with Crippen LogP contribution < -0.4 is 5.73 Å². The molecule has 2 N–H and O–H groups in total. The fourth-order valence-electron chi connectivity index (χ4n) is 2.32. The average Bonchev–Trinajstić information content (AvgIpc) is 2.85. The lowest BCUT2D eigenvalue weighted by Gasteiger charge is -2.15. The Morgan fingerprint density at radius 2 is 1.94 bits per heavy atom. The molecule has 1 atom stereocenters. The lowest BCUT2D eigenvalue weighted by Crippen LogP contribution is -2.36. The molecule has 18 heavy (non-hydrogen) atoms. The summed E-state index contributed by atoms with van der Waals surface area (Å²) in [4.78, 5) is 11.8. The topological polar surface area (TPSA) is 52.3 Å². The van der Waals surface area contributed by atoms with Gasteiger partial charge in [-0.15, -0.1) is 0 Å². The van der Waals surface area contributed by atoms with Crippen molar-refractivity contribution < 1.29 is 9.53 Å². The van der Waals surface area contributed by atoms with Crippen LogP contribution in [-0.4, -0.2) is 18.1 Å². The van der Waals surface area contributed by atoms with Gasteiger partial charge in [-0.05, 0) is 44.6 Å². The van der Waals surface area contributed by atoms with Crippen LogP contribution in [0.15, 0.2) is 24.3 Å². The summed E-state index contributed by atoms with van der Waals surface area (Å²) in [6, 6.07) is 7.54. The van der Waals surface area contributed by atoms with Gasteiger partial charge < -0.3 is 10.5 Å². The maximum Gasteiger partial charge on any atom is 0.323 e. The number of hydrogen-bond acceptors (Lipinski definition) is 3. The monoisotopic (exact) mass is 247 g/mol. The Balaban J connectivity index is 1.84. The third-order valence-corrected chi connectivity index (χ3v) is 3.46. The van der Waals surface area contributed by atoms with Crippen LogP contribution in [0.4, 0.5) is 0 Å². The summed E-state index contributed by atoms with van der Waals surface area (Å²) in [6.45, 7) is 2.04. The summed E-state index contributed by atoms with van der Waals surface area (Å²) in [5, 5.41) is 0. The summed E-state index contributed by atoms with van der Waals surface area (Å²) in [6.07, 6.45) is 4.94. The standard InChI is InChI=1S/C15H21NO2/c1-11-6-8-12(9-7-11)10-14(16)15(17)18-13-4-2-3-5-13/h6-9,13-14H,2-5,10,16H2,1H3/t14-/m0/s1. The molecule has 0 heterocycles. The lowest BCUT2D eigenvalue weighted by atomic mass is 10.1. The van der Waals surface area contributed by atoms with Crippen LogP contribution in [0.2, 0.25) is 0 Å². The minimum atomic E-state index is -0.548. The fourth-order valence-corrected chi connectivity index (χ4v) is 2.32. The van der Waals surface area contributed by atoms with Gasteiger partial charge in [0.25, 0.3) is 0 Å². The van der Waals surface area contributed by atoms with E-state index in [-0.39, 0.29) is 12.1 Å². The summed E-state index contributed by atoms with van der Waals surface area (Å²) in [7, 11) is 0.